The van der Waals surface area contributed by atoms with E-state index in [0.717, 1.165) is 10.5 Å². The third-order valence-corrected chi connectivity index (χ3v) is 12.6. The van der Waals surface area contributed by atoms with Gasteiger partial charge in [-0.1, -0.05) is 125 Å². The van der Waals surface area contributed by atoms with Gasteiger partial charge in [0, 0.05) is 33.5 Å². The first-order valence-corrected chi connectivity index (χ1v) is 24.5. The van der Waals surface area contributed by atoms with Crippen LogP contribution in [-0.2, 0) is 76.6 Å². The Labute approximate surface area is 417 Å². The highest BCUT2D eigenvalue weighted by molar-refractivity contribution is 5.93. The van der Waals surface area contributed by atoms with E-state index in [2.05, 4.69) is 5.32 Å². The molecule has 0 aromatic heterocycles. The Kier molecular flexibility index (Phi) is 22.7. The van der Waals surface area contributed by atoms with Crippen LogP contribution in [0, 0.1) is 5.92 Å². The van der Waals surface area contributed by atoms with Gasteiger partial charge in [0.15, 0.2) is 24.4 Å². The van der Waals surface area contributed by atoms with Crippen molar-refractivity contribution in [2.75, 3.05) is 27.7 Å². The third kappa shape index (κ3) is 17.0. The van der Waals surface area contributed by atoms with Crippen LogP contribution in [0.25, 0.3) is 0 Å². The first-order valence-electron chi connectivity index (χ1n) is 24.5. The fourth-order valence-corrected chi connectivity index (χ4v) is 8.39. The minimum Gasteiger partial charge on any atom is -0.479 e. The van der Waals surface area contributed by atoms with Crippen LogP contribution in [0.15, 0.2) is 91.0 Å². The molecule has 0 unspecified atom stereocenters. The van der Waals surface area contributed by atoms with E-state index >= 15 is 0 Å². The number of carboxylic acids is 1. The Bertz CT molecular complexity index is 2230. The molecule has 1 aliphatic heterocycles. The average molecular weight is 985 g/mol. The Hall–Kier alpha value is -6.62. The summed E-state index contributed by atoms with van der Waals surface area (Å²) in [6, 6.07) is 22.7. The van der Waals surface area contributed by atoms with E-state index in [9.17, 15) is 43.5 Å². The van der Waals surface area contributed by atoms with Crippen molar-refractivity contribution in [1.29, 1.82) is 0 Å². The maximum atomic E-state index is 14.8. The summed E-state index contributed by atoms with van der Waals surface area (Å²) in [4.78, 5) is 114. The summed E-state index contributed by atoms with van der Waals surface area (Å²) in [6.07, 6.45) is -2.82. The molecule has 0 spiro atoms. The van der Waals surface area contributed by atoms with Gasteiger partial charge >= 0.3 is 29.8 Å². The first-order chi connectivity index (χ1) is 33.9. The topological polar surface area (TPSA) is 215 Å². The molecule has 71 heavy (non-hydrogen) atoms. The second-order valence-corrected chi connectivity index (χ2v) is 18.5. The van der Waals surface area contributed by atoms with Crippen molar-refractivity contribution in [3.63, 3.8) is 0 Å². The minimum absolute atomic E-state index is 0.0809. The van der Waals surface area contributed by atoms with Gasteiger partial charge < -0.3 is 44.1 Å². The Morgan fingerprint density at radius 3 is 1.68 bits per heavy atom. The molecule has 0 aliphatic carbocycles. The van der Waals surface area contributed by atoms with Crippen LogP contribution in [-0.4, -0.2) is 144 Å². The van der Waals surface area contributed by atoms with Crippen molar-refractivity contribution < 1.29 is 62.4 Å². The maximum Gasteiger partial charge on any atom is 0.344 e. The molecule has 1 fully saturated rings. The number of hydrogen-bond donors (Lipinski definition) is 2. The predicted octanol–water partition coefficient (Wildman–Crippen LogP) is 5.35. The van der Waals surface area contributed by atoms with E-state index in [1.165, 1.54) is 37.7 Å². The molecule has 0 saturated carbocycles. The first kappa shape index (κ1) is 57.0. The summed E-state index contributed by atoms with van der Waals surface area (Å²) in [5.41, 5.74) is 2.17. The van der Waals surface area contributed by atoms with Crippen molar-refractivity contribution >= 4 is 47.6 Å². The second kappa shape index (κ2) is 28.3. The zero-order chi connectivity index (χ0) is 52.2. The van der Waals surface area contributed by atoms with E-state index in [-0.39, 0.29) is 44.6 Å². The predicted molar refractivity (Wildman–Crippen MR) is 263 cm³/mol. The van der Waals surface area contributed by atoms with Crippen LogP contribution in [0.3, 0.4) is 0 Å². The van der Waals surface area contributed by atoms with E-state index in [4.69, 9.17) is 18.9 Å². The minimum atomic E-state index is -1.50. The zero-order valence-electron chi connectivity index (χ0n) is 42.3. The summed E-state index contributed by atoms with van der Waals surface area (Å²) in [7, 11) is 4.43. The van der Waals surface area contributed by atoms with Gasteiger partial charge in [-0.25, -0.2) is 19.2 Å². The molecule has 3 aromatic rings. The number of unbranched alkanes of at least 4 members (excludes halogenated alkanes) is 1. The van der Waals surface area contributed by atoms with Gasteiger partial charge in [-0.2, -0.15) is 0 Å². The van der Waals surface area contributed by atoms with Gasteiger partial charge in [0.2, 0.25) is 0 Å². The smallest absolute Gasteiger partial charge is 0.344 e. The molecule has 3 aromatic carbocycles. The lowest BCUT2D eigenvalue weighted by Gasteiger charge is -2.37. The molecule has 2 N–H and O–H groups in total. The van der Waals surface area contributed by atoms with Gasteiger partial charge in [-0.05, 0) is 82.0 Å². The number of piperidine rings is 1. The number of nitrogens with zero attached hydrogens (tertiary/aromatic N) is 3. The van der Waals surface area contributed by atoms with Crippen LogP contribution in [0.1, 0.15) is 96.3 Å². The van der Waals surface area contributed by atoms with Crippen molar-refractivity contribution in [3.05, 3.63) is 108 Å². The number of hydrogen-bond acceptors (Lipinski definition) is 13. The Morgan fingerprint density at radius 1 is 0.648 bits per heavy atom. The highest BCUT2D eigenvalue weighted by Crippen LogP contribution is 2.25. The molecule has 1 aliphatic rings. The van der Waals surface area contributed by atoms with E-state index in [1.54, 1.807) is 67.7 Å². The molecule has 17 nitrogen and oxygen atoms in total. The van der Waals surface area contributed by atoms with Crippen LogP contribution in [0.2, 0.25) is 0 Å². The van der Waals surface area contributed by atoms with Gasteiger partial charge in [0.25, 0.3) is 17.7 Å². The van der Waals surface area contributed by atoms with Crippen LogP contribution in [0.5, 0.6) is 0 Å². The SMILES string of the molecule is CCCC[C@@H](C(=O)O[C@H](Cc1ccccc1)C(=O)N(C)[C@@H](CC(C)C)C(=O)O[C@H](Cc1ccccc1)C(=O)N1CCCC[C@H]1C(=O)O[C@H](C)C(=O)O)N(C)C(=O)[C@@H](C)OC(=O)[C@H](Cc1ccccc1)NC. The number of carbonyl (C=O) groups is 8. The molecule has 386 valence electrons. The molecule has 8 atom stereocenters. The molecule has 1 saturated heterocycles. The number of likely N-dealkylation sites (tertiary alicyclic amines) is 1. The zero-order valence-corrected chi connectivity index (χ0v) is 42.3. The normalized spacial score (nSPS) is 16.5. The molecular weight excluding hydrogens is 913 g/mol. The number of likely N-dealkylation sites (N-methyl/N-ethyl adjacent to an activating group) is 3. The number of benzene rings is 3. The van der Waals surface area contributed by atoms with E-state index in [0.29, 0.717) is 43.2 Å². The van der Waals surface area contributed by atoms with Gasteiger partial charge in [0.1, 0.15) is 24.2 Å². The lowest BCUT2D eigenvalue weighted by atomic mass is 9.99. The number of rotatable bonds is 26. The van der Waals surface area contributed by atoms with Crippen molar-refractivity contribution in [2.45, 2.75) is 147 Å². The molecule has 3 amide bonds. The summed E-state index contributed by atoms with van der Waals surface area (Å²) in [5.74, 6) is -6.95. The fourth-order valence-electron chi connectivity index (χ4n) is 8.39. The molecule has 1 heterocycles. The highest BCUT2D eigenvalue weighted by Gasteiger charge is 2.42. The fraction of sp³-hybridized carbons (Fsp3) is 0.519. The van der Waals surface area contributed by atoms with Crippen molar-refractivity contribution in [3.8, 4) is 0 Å². The van der Waals surface area contributed by atoms with E-state index < -0.39 is 96.2 Å². The molecule has 0 radical (unpaired) electrons. The molecule has 17 heteroatoms. The van der Waals surface area contributed by atoms with E-state index in [1.807, 2.05) is 51.1 Å². The molecular formula is C54H72N4O13. The lowest BCUT2D eigenvalue weighted by molar-refractivity contribution is -0.176. The van der Waals surface area contributed by atoms with Crippen molar-refractivity contribution in [2.24, 2.45) is 5.92 Å². The van der Waals surface area contributed by atoms with Crippen LogP contribution in [0.4, 0.5) is 0 Å². The van der Waals surface area contributed by atoms with Gasteiger partial charge in [-0.15, -0.1) is 0 Å². The second-order valence-electron chi connectivity index (χ2n) is 18.5. The van der Waals surface area contributed by atoms with Crippen LogP contribution >= 0.6 is 0 Å². The Balaban J connectivity index is 1.61. The maximum absolute atomic E-state index is 14.8. The molecule has 4 rings (SSSR count). The summed E-state index contributed by atoms with van der Waals surface area (Å²) >= 11 is 0. The average Bonchev–Trinajstić information content (AvgIpc) is 3.36. The highest BCUT2D eigenvalue weighted by atomic mass is 16.6. The number of esters is 4. The number of carbonyl (C=O) groups excluding carboxylic acids is 7. The molecule has 0 bridgehead atoms. The summed E-state index contributed by atoms with van der Waals surface area (Å²) in [5, 5.41) is 12.3. The van der Waals surface area contributed by atoms with Gasteiger partial charge in [0.05, 0.1) is 0 Å². The number of carboxylic acid groups (broad SMARTS) is 1. The Morgan fingerprint density at radius 2 is 1.15 bits per heavy atom. The summed E-state index contributed by atoms with van der Waals surface area (Å²) in [6.45, 7) is 8.38. The largest absolute Gasteiger partial charge is 0.479 e. The quantitative estimate of drug-likeness (QED) is 0.0767. The standard InChI is InChI=1S/C54H72N4O13/c1-9-10-28-42(56(7)47(59)36(4)68-51(64)41(55-6)32-38-22-14-11-15-23-38)52(65)70-45(33-39-24-16-12-17-25-39)48(60)57(8)44(31-35(2)3)54(67)71-46(34-40-26-18-13-19-27-40)49(61)58-30-21-20-29-43(58)53(66)69-37(5)50(62)63/h11-19,22-27,35-37,41-46,55H,9-10,20-21,28-34H2,1-8H3,(H,62,63)/t36-,37-,41+,42+,43+,44+,45-,46-/m1/s1. The van der Waals surface area contributed by atoms with Crippen molar-refractivity contribution in [1.82, 2.24) is 20.0 Å². The number of nitrogens with one attached hydrogen (secondary N) is 1. The van der Waals surface area contributed by atoms with Gasteiger partial charge in [-0.3, -0.25) is 19.2 Å². The number of ether oxygens (including phenoxy) is 4. The summed E-state index contributed by atoms with van der Waals surface area (Å²) < 4.78 is 23.0. The van der Waals surface area contributed by atoms with Crippen LogP contribution < -0.4 is 5.32 Å². The monoisotopic (exact) mass is 985 g/mol. The number of amides is 3. The number of aliphatic carboxylic acids is 1. The lowest BCUT2D eigenvalue weighted by Crippen LogP contribution is -2.55. The third-order valence-electron chi connectivity index (χ3n) is 12.6.